The van der Waals surface area contributed by atoms with E-state index in [4.69, 9.17) is 5.73 Å². The molecule has 0 saturated carbocycles. The Bertz CT molecular complexity index is 816. The lowest BCUT2D eigenvalue weighted by Crippen LogP contribution is -2.28. The molecule has 1 heterocycles. The highest BCUT2D eigenvalue weighted by Crippen LogP contribution is 2.27. The molecule has 1 fully saturated rings. The molecule has 1 saturated heterocycles. The number of hydrogen-bond acceptors (Lipinski definition) is 3. The van der Waals surface area contributed by atoms with E-state index in [2.05, 4.69) is 22.4 Å². The number of allylic oxidation sites excluding steroid dienone is 2. The van der Waals surface area contributed by atoms with Gasteiger partial charge in [-0.1, -0.05) is 18.2 Å². The van der Waals surface area contributed by atoms with Crippen LogP contribution in [-0.4, -0.2) is 19.3 Å². The fraction of sp³-hybridized carbons (Fsp3) is 0.318. The number of halogens is 1. The first-order chi connectivity index (χ1) is 12.6. The van der Waals surface area contributed by atoms with Crippen LogP contribution in [0.1, 0.15) is 49.3 Å². The third-order valence-corrected chi connectivity index (χ3v) is 5.10. The zero-order valence-electron chi connectivity index (χ0n) is 15.4. The maximum Gasteiger partial charge on any atom is 0.134 e. The molecule has 3 rings (SSSR count). The second-order valence-electron chi connectivity index (χ2n) is 6.79. The summed E-state index contributed by atoms with van der Waals surface area (Å²) in [5.74, 6) is 0.208. The molecule has 2 aromatic rings. The third-order valence-electron chi connectivity index (χ3n) is 5.10. The summed E-state index contributed by atoms with van der Waals surface area (Å²) in [6.45, 7) is 6.04. The number of nitrogens with two attached hydrogens (primary N) is 1. The van der Waals surface area contributed by atoms with E-state index in [1.54, 1.807) is 6.07 Å². The van der Waals surface area contributed by atoms with Gasteiger partial charge in [0.05, 0.1) is 16.9 Å². The summed E-state index contributed by atoms with van der Waals surface area (Å²) < 4.78 is 14.2. The molecule has 3 nitrogen and oxygen atoms in total. The highest BCUT2D eigenvalue weighted by molar-refractivity contribution is 5.93. The number of piperidine rings is 1. The van der Waals surface area contributed by atoms with Crippen molar-refractivity contribution >= 4 is 23.2 Å². The summed E-state index contributed by atoms with van der Waals surface area (Å²) in [6.07, 6.45) is 5.91. The number of nitrogens with one attached hydrogen (secondary N) is 1. The van der Waals surface area contributed by atoms with Gasteiger partial charge in [0.2, 0.25) is 0 Å². The van der Waals surface area contributed by atoms with Gasteiger partial charge in [0.15, 0.2) is 0 Å². The Morgan fingerprint density at radius 3 is 2.65 bits per heavy atom. The van der Waals surface area contributed by atoms with Crippen molar-refractivity contribution in [3.63, 3.8) is 0 Å². The molecule has 26 heavy (non-hydrogen) atoms. The van der Waals surface area contributed by atoms with Crippen molar-refractivity contribution in [2.75, 3.05) is 18.8 Å². The maximum absolute atomic E-state index is 14.2. The molecule has 0 amide bonds. The van der Waals surface area contributed by atoms with E-state index in [-0.39, 0.29) is 5.82 Å². The first-order valence-electron chi connectivity index (χ1n) is 9.16. The van der Waals surface area contributed by atoms with Gasteiger partial charge in [0, 0.05) is 18.3 Å². The number of hydrogen-bond donors (Lipinski definition) is 2. The lowest BCUT2D eigenvalue weighted by Gasteiger charge is -2.23. The number of anilines is 1. The summed E-state index contributed by atoms with van der Waals surface area (Å²) >= 11 is 0. The standard InChI is InChI=1S/C22H26FN3/c1-3-15(2)19-10-11-21(23)20(22(19)24)14-26-18-8-6-16(7-9-18)17-5-4-12-25-13-17/h3,6-11,14,17,25H,4-5,12-13,24H2,1-2H3/b15-3+,26-14?. The minimum absolute atomic E-state index is 0.337. The van der Waals surface area contributed by atoms with Crippen LogP contribution in [-0.2, 0) is 0 Å². The minimum atomic E-state index is -0.358. The third kappa shape index (κ3) is 4.02. The van der Waals surface area contributed by atoms with Gasteiger partial charge in [0.25, 0.3) is 0 Å². The summed E-state index contributed by atoms with van der Waals surface area (Å²) in [5, 5.41) is 3.44. The van der Waals surface area contributed by atoms with Crippen LogP contribution in [0.3, 0.4) is 0 Å². The van der Waals surface area contributed by atoms with Crippen molar-refractivity contribution in [3.05, 3.63) is 65.0 Å². The second-order valence-corrected chi connectivity index (χ2v) is 6.79. The Morgan fingerprint density at radius 2 is 2.00 bits per heavy atom. The van der Waals surface area contributed by atoms with E-state index in [9.17, 15) is 4.39 Å². The normalized spacial score (nSPS) is 18.4. The van der Waals surface area contributed by atoms with Gasteiger partial charge in [0.1, 0.15) is 5.82 Å². The number of rotatable bonds is 4. The topological polar surface area (TPSA) is 50.4 Å². The van der Waals surface area contributed by atoms with Gasteiger partial charge in [-0.05, 0) is 74.6 Å². The van der Waals surface area contributed by atoms with Crippen molar-refractivity contribution in [1.82, 2.24) is 5.32 Å². The number of aliphatic imine (C=N–C) groups is 1. The summed E-state index contributed by atoms with van der Waals surface area (Å²) in [7, 11) is 0. The molecule has 1 aliphatic rings. The highest BCUT2D eigenvalue weighted by Gasteiger charge is 2.14. The van der Waals surface area contributed by atoms with Crippen molar-refractivity contribution < 1.29 is 4.39 Å². The number of nitrogen functional groups attached to an aromatic ring is 1. The predicted molar refractivity (Wildman–Crippen MR) is 109 cm³/mol. The SMILES string of the molecule is C/C=C(\C)c1ccc(F)c(C=Nc2ccc(C3CCCNC3)cc2)c1N. The van der Waals surface area contributed by atoms with Crippen LogP contribution in [0.5, 0.6) is 0 Å². The Labute approximate surface area is 154 Å². The fourth-order valence-electron chi connectivity index (χ4n) is 3.35. The minimum Gasteiger partial charge on any atom is -0.398 e. The van der Waals surface area contributed by atoms with Crippen molar-refractivity contribution in [1.29, 1.82) is 0 Å². The van der Waals surface area contributed by atoms with Crippen molar-refractivity contribution in [2.24, 2.45) is 4.99 Å². The highest BCUT2D eigenvalue weighted by atomic mass is 19.1. The zero-order valence-corrected chi connectivity index (χ0v) is 15.4. The molecule has 136 valence electrons. The van der Waals surface area contributed by atoms with E-state index in [0.29, 0.717) is 17.2 Å². The first kappa shape index (κ1) is 18.3. The van der Waals surface area contributed by atoms with Crippen LogP contribution in [0.4, 0.5) is 15.8 Å². The molecular weight excluding hydrogens is 325 g/mol. The Kier molecular flexibility index (Phi) is 5.84. The van der Waals surface area contributed by atoms with E-state index in [1.807, 2.05) is 32.1 Å². The molecule has 2 aromatic carbocycles. The molecule has 0 aliphatic carbocycles. The molecule has 0 radical (unpaired) electrons. The van der Waals surface area contributed by atoms with Gasteiger partial charge in [-0.15, -0.1) is 0 Å². The van der Waals surface area contributed by atoms with Crippen LogP contribution < -0.4 is 11.1 Å². The monoisotopic (exact) mass is 351 g/mol. The quantitative estimate of drug-likeness (QED) is 0.598. The maximum atomic E-state index is 14.2. The average Bonchev–Trinajstić information content (AvgIpc) is 2.68. The largest absolute Gasteiger partial charge is 0.398 e. The van der Waals surface area contributed by atoms with E-state index < -0.39 is 0 Å². The van der Waals surface area contributed by atoms with Gasteiger partial charge >= 0.3 is 0 Å². The van der Waals surface area contributed by atoms with Crippen LogP contribution in [0, 0.1) is 5.82 Å². The Hall–Kier alpha value is -2.46. The van der Waals surface area contributed by atoms with Gasteiger partial charge in [-0.2, -0.15) is 0 Å². The lowest BCUT2D eigenvalue weighted by atomic mass is 9.92. The second kappa shape index (κ2) is 8.28. The smallest absolute Gasteiger partial charge is 0.134 e. The lowest BCUT2D eigenvalue weighted by molar-refractivity contribution is 0.461. The molecule has 0 spiro atoms. The Morgan fingerprint density at radius 1 is 1.23 bits per heavy atom. The van der Waals surface area contributed by atoms with Crippen LogP contribution in [0.25, 0.3) is 5.57 Å². The van der Waals surface area contributed by atoms with Crippen LogP contribution in [0.15, 0.2) is 47.5 Å². The van der Waals surface area contributed by atoms with Crippen LogP contribution >= 0.6 is 0 Å². The van der Waals surface area contributed by atoms with Crippen molar-refractivity contribution in [3.8, 4) is 0 Å². The van der Waals surface area contributed by atoms with Crippen LogP contribution in [0.2, 0.25) is 0 Å². The van der Waals surface area contributed by atoms with E-state index in [0.717, 1.165) is 29.9 Å². The average molecular weight is 351 g/mol. The molecule has 0 aromatic heterocycles. The molecule has 1 atom stereocenters. The molecule has 4 heteroatoms. The first-order valence-corrected chi connectivity index (χ1v) is 9.16. The summed E-state index contributed by atoms with van der Waals surface area (Å²) in [4.78, 5) is 4.43. The fourth-order valence-corrected chi connectivity index (χ4v) is 3.35. The number of nitrogens with zero attached hydrogens (tertiary/aromatic N) is 1. The molecule has 0 bridgehead atoms. The molecular formula is C22H26FN3. The Balaban J connectivity index is 1.81. The van der Waals surface area contributed by atoms with Crippen molar-refractivity contribution in [2.45, 2.75) is 32.6 Å². The van der Waals surface area contributed by atoms with Gasteiger partial charge in [-0.25, -0.2) is 4.39 Å². The molecule has 1 unspecified atom stereocenters. The molecule has 3 N–H and O–H groups in total. The van der Waals surface area contributed by atoms with E-state index >= 15 is 0 Å². The molecule has 1 aliphatic heterocycles. The predicted octanol–water partition coefficient (Wildman–Crippen LogP) is 5.05. The number of benzene rings is 2. The van der Waals surface area contributed by atoms with Gasteiger partial charge in [-0.3, -0.25) is 4.99 Å². The van der Waals surface area contributed by atoms with Gasteiger partial charge < -0.3 is 11.1 Å². The summed E-state index contributed by atoms with van der Waals surface area (Å²) in [6, 6.07) is 11.4. The summed E-state index contributed by atoms with van der Waals surface area (Å²) in [5.41, 5.74) is 10.9. The van der Waals surface area contributed by atoms with E-state index in [1.165, 1.54) is 30.7 Å². The zero-order chi connectivity index (χ0) is 18.5.